The first-order valence-electron chi connectivity index (χ1n) is 8.75. The van der Waals surface area contributed by atoms with Crippen molar-refractivity contribution in [2.45, 2.75) is 13.5 Å². The lowest BCUT2D eigenvalue weighted by atomic mass is 10.1. The van der Waals surface area contributed by atoms with Gasteiger partial charge in [0.2, 0.25) is 5.91 Å². The number of methoxy groups -OCH3 is 1. The normalized spacial score (nSPS) is 10.4. The molecule has 0 bridgehead atoms. The van der Waals surface area contributed by atoms with Crippen molar-refractivity contribution < 1.29 is 32.6 Å². The van der Waals surface area contributed by atoms with Crippen LogP contribution in [0.5, 0.6) is 17.2 Å². The summed E-state index contributed by atoms with van der Waals surface area (Å²) in [5.74, 6) is -0.360. The Balaban J connectivity index is 2.04. The van der Waals surface area contributed by atoms with Crippen LogP contribution in [0.25, 0.3) is 0 Å². The Labute approximate surface area is 167 Å². The monoisotopic (exact) mass is 408 g/mol. The lowest BCUT2D eigenvalue weighted by Crippen LogP contribution is -2.34. The van der Waals surface area contributed by atoms with Crippen molar-refractivity contribution in [1.29, 1.82) is 0 Å². The van der Waals surface area contributed by atoms with E-state index in [1.807, 2.05) is 0 Å². The fourth-order valence-corrected chi connectivity index (χ4v) is 2.49. The Morgan fingerprint density at radius 2 is 1.79 bits per heavy atom. The molecule has 0 saturated carbocycles. The molecule has 1 N–H and O–H groups in total. The van der Waals surface area contributed by atoms with Gasteiger partial charge in [0.25, 0.3) is 5.91 Å². The summed E-state index contributed by atoms with van der Waals surface area (Å²) in [5, 5.41) is 2.68. The Kier molecular flexibility index (Phi) is 7.76. The number of nitrogens with one attached hydrogen (secondary N) is 1. The van der Waals surface area contributed by atoms with Crippen molar-refractivity contribution in [3.05, 3.63) is 48.0 Å². The first-order valence-corrected chi connectivity index (χ1v) is 8.75. The molecule has 7 nitrogen and oxygen atoms in total. The van der Waals surface area contributed by atoms with Gasteiger partial charge in [0, 0.05) is 18.3 Å². The largest absolute Gasteiger partial charge is 0.497 e. The maximum atomic E-state index is 12.6. The molecule has 0 spiro atoms. The molecule has 2 amide bonds. The molecule has 0 saturated heterocycles. The summed E-state index contributed by atoms with van der Waals surface area (Å²) in [5.41, 5.74) is 0.735. The Morgan fingerprint density at radius 1 is 1.10 bits per heavy atom. The number of hydrogen-bond acceptors (Lipinski definition) is 5. The Hall–Kier alpha value is -3.36. The second-order valence-corrected chi connectivity index (χ2v) is 5.91. The van der Waals surface area contributed by atoms with Crippen LogP contribution in [0.4, 0.5) is 14.5 Å². The molecule has 0 heterocycles. The highest BCUT2D eigenvalue weighted by atomic mass is 19.3. The molecule has 0 aliphatic heterocycles. The molecular weight excluding hydrogens is 386 g/mol. The lowest BCUT2D eigenvalue weighted by Gasteiger charge is -2.18. The number of carbonyl (C=O) groups excluding carboxylic acids is 2. The maximum Gasteiger partial charge on any atom is 0.387 e. The van der Waals surface area contributed by atoms with Crippen LogP contribution in [0, 0.1) is 0 Å². The van der Waals surface area contributed by atoms with Crippen LogP contribution in [0.15, 0.2) is 42.5 Å². The quantitative estimate of drug-likeness (QED) is 0.688. The summed E-state index contributed by atoms with van der Waals surface area (Å²) in [6, 6.07) is 10.6. The molecule has 0 atom stereocenters. The van der Waals surface area contributed by atoms with E-state index in [-0.39, 0.29) is 30.2 Å². The molecule has 0 aliphatic carbocycles. The molecule has 2 rings (SSSR count). The van der Waals surface area contributed by atoms with Gasteiger partial charge in [-0.25, -0.2) is 0 Å². The molecule has 0 unspecified atom stereocenters. The SMILES string of the molecule is CCOc1cc(C(=O)N(C)CC(=O)Nc2ccc(OC)cc2)ccc1OC(F)F. The molecule has 156 valence electrons. The minimum atomic E-state index is -3.01. The molecule has 0 fully saturated rings. The highest BCUT2D eigenvalue weighted by Crippen LogP contribution is 2.30. The van der Waals surface area contributed by atoms with Gasteiger partial charge in [-0.1, -0.05) is 0 Å². The van der Waals surface area contributed by atoms with E-state index in [0.717, 1.165) is 0 Å². The average molecular weight is 408 g/mol. The van der Waals surface area contributed by atoms with Gasteiger partial charge in [-0.3, -0.25) is 9.59 Å². The fourth-order valence-electron chi connectivity index (χ4n) is 2.49. The number of nitrogens with zero attached hydrogens (tertiary/aromatic N) is 1. The number of likely N-dealkylation sites (N-methyl/N-ethyl adjacent to an activating group) is 1. The number of carbonyl (C=O) groups is 2. The second kappa shape index (κ2) is 10.3. The minimum absolute atomic E-state index is 0.0229. The number of alkyl halides is 2. The number of rotatable bonds is 9. The first kappa shape index (κ1) is 21.9. The fraction of sp³-hybridized carbons (Fsp3) is 0.300. The number of anilines is 1. The molecule has 29 heavy (non-hydrogen) atoms. The minimum Gasteiger partial charge on any atom is -0.497 e. The van der Waals surface area contributed by atoms with E-state index in [0.29, 0.717) is 11.4 Å². The highest BCUT2D eigenvalue weighted by Gasteiger charge is 2.19. The molecule has 2 aromatic rings. The van der Waals surface area contributed by atoms with Crippen LogP contribution < -0.4 is 19.5 Å². The van der Waals surface area contributed by atoms with E-state index in [9.17, 15) is 18.4 Å². The van der Waals surface area contributed by atoms with Gasteiger partial charge in [0.1, 0.15) is 5.75 Å². The van der Waals surface area contributed by atoms with Gasteiger partial charge in [-0.15, -0.1) is 0 Å². The van der Waals surface area contributed by atoms with Crippen molar-refractivity contribution in [2.24, 2.45) is 0 Å². The van der Waals surface area contributed by atoms with E-state index in [1.165, 1.54) is 37.3 Å². The summed E-state index contributed by atoms with van der Waals surface area (Å²) in [4.78, 5) is 26.0. The van der Waals surface area contributed by atoms with E-state index in [2.05, 4.69) is 10.1 Å². The van der Waals surface area contributed by atoms with Gasteiger partial charge < -0.3 is 24.4 Å². The number of amides is 2. The molecular formula is C20H22F2N2O5. The van der Waals surface area contributed by atoms with Crippen LogP contribution >= 0.6 is 0 Å². The topological polar surface area (TPSA) is 77.1 Å². The zero-order valence-electron chi connectivity index (χ0n) is 16.3. The van der Waals surface area contributed by atoms with Gasteiger partial charge in [0.15, 0.2) is 11.5 Å². The maximum absolute atomic E-state index is 12.6. The van der Waals surface area contributed by atoms with Crippen molar-refractivity contribution in [3.8, 4) is 17.2 Å². The van der Waals surface area contributed by atoms with Gasteiger partial charge in [0.05, 0.1) is 20.3 Å². The predicted molar refractivity (Wildman–Crippen MR) is 103 cm³/mol. The third kappa shape index (κ3) is 6.34. The van der Waals surface area contributed by atoms with Crippen molar-refractivity contribution in [3.63, 3.8) is 0 Å². The van der Waals surface area contributed by atoms with Crippen LogP contribution in [0.3, 0.4) is 0 Å². The Bertz CT molecular complexity index is 843. The third-order valence-corrected chi connectivity index (χ3v) is 3.81. The van der Waals surface area contributed by atoms with Crippen LogP contribution in [0.2, 0.25) is 0 Å². The molecule has 9 heteroatoms. The number of ether oxygens (including phenoxy) is 3. The van der Waals surface area contributed by atoms with Crippen LogP contribution in [0.1, 0.15) is 17.3 Å². The number of hydrogen-bond donors (Lipinski definition) is 1. The first-order chi connectivity index (χ1) is 13.8. The van der Waals surface area contributed by atoms with Gasteiger partial charge >= 0.3 is 6.61 Å². The summed E-state index contributed by atoms with van der Waals surface area (Å²) in [6.07, 6.45) is 0. The van der Waals surface area contributed by atoms with Crippen molar-refractivity contribution >= 4 is 17.5 Å². The van der Waals surface area contributed by atoms with E-state index in [1.54, 1.807) is 31.2 Å². The average Bonchev–Trinajstić information content (AvgIpc) is 2.69. The van der Waals surface area contributed by atoms with E-state index >= 15 is 0 Å². The Morgan fingerprint density at radius 3 is 2.38 bits per heavy atom. The van der Waals surface area contributed by atoms with Crippen LogP contribution in [-0.2, 0) is 4.79 Å². The van der Waals surface area contributed by atoms with E-state index < -0.39 is 18.4 Å². The number of benzene rings is 2. The third-order valence-electron chi connectivity index (χ3n) is 3.81. The smallest absolute Gasteiger partial charge is 0.387 e. The summed E-state index contributed by atoms with van der Waals surface area (Å²) in [7, 11) is 3.00. The summed E-state index contributed by atoms with van der Waals surface area (Å²) < 4.78 is 39.7. The zero-order chi connectivity index (χ0) is 21.4. The lowest BCUT2D eigenvalue weighted by molar-refractivity contribution is -0.116. The molecule has 0 aromatic heterocycles. The van der Waals surface area contributed by atoms with Crippen molar-refractivity contribution in [2.75, 3.05) is 32.6 Å². The zero-order valence-corrected chi connectivity index (χ0v) is 16.3. The standard InChI is InChI=1S/C20H22F2N2O5/c1-4-28-17-11-13(5-10-16(17)29-20(21)22)19(26)24(2)12-18(25)23-14-6-8-15(27-3)9-7-14/h5-11,20H,4,12H2,1-3H3,(H,23,25). The molecule has 0 radical (unpaired) electrons. The van der Waals surface area contributed by atoms with Crippen molar-refractivity contribution in [1.82, 2.24) is 4.90 Å². The summed E-state index contributed by atoms with van der Waals surface area (Å²) >= 11 is 0. The number of halogens is 2. The highest BCUT2D eigenvalue weighted by molar-refractivity contribution is 5.99. The second-order valence-electron chi connectivity index (χ2n) is 5.91. The van der Waals surface area contributed by atoms with Gasteiger partial charge in [-0.2, -0.15) is 8.78 Å². The molecule has 2 aromatic carbocycles. The molecule has 0 aliphatic rings. The van der Waals surface area contributed by atoms with Crippen LogP contribution in [-0.4, -0.2) is 50.6 Å². The predicted octanol–water partition coefficient (Wildman–Crippen LogP) is 3.41. The van der Waals surface area contributed by atoms with Gasteiger partial charge in [-0.05, 0) is 49.4 Å². The van der Waals surface area contributed by atoms with E-state index in [4.69, 9.17) is 9.47 Å². The summed E-state index contributed by atoms with van der Waals surface area (Å²) in [6.45, 7) is -1.34.